The SMILES string of the molecule is COc1ccccc1C1/C(=C(\O)c2ccc(OCC(C)C)c(C)c2)C(=O)C(=O)N1Cc1cccnc1. The number of aliphatic hydroxyl groups excluding tert-OH is 1. The van der Waals surface area contributed by atoms with Gasteiger partial charge in [0.05, 0.1) is 25.3 Å². The molecule has 1 saturated heterocycles. The Labute approximate surface area is 211 Å². The Hall–Kier alpha value is -4.13. The Morgan fingerprint density at radius 1 is 1.08 bits per heavy atom. The molecule has 0 radical (unpaired) electrons. The van der Waals surface area contributed by atoms with E-state index in [9.17, 15) is 14.7 Å². The number of aromatic nitrogens is 1. The molecule has 2 heterocycles. The highest BCUT2D eigenvalue weighted by Gasteiger charge is 2.47. The van der Waals surface area contributed by atoms with E-state index in [0.717, 1.165) is 11.1 Å². The molecule has 1 amide bonds. The Morgan fingerprint density at radius 3 is 2.53 bits per heavy atom. The molecule has 3 aromatic rings. The Balaban J connectivity index is 1.82. The average Bonchev–Trinajstić information content (AvgIpc) is 3.12. The molecule has 1 N–H and O–H groups in total. The number of Topliss-reactive ketones (excluding diaryl/α,β-unsaturated/α-hetero) is 1. The van der Waals surface area contributed by atoms with E-state index >= 15 is 0 Å². The minimum Gasteiger partial charge on any atom is -0.507 e. The molecule has 1 unspecified atom stereocenters. The van der Waals surface area contributed by atoms with Gasteiger partial charge in [0.2, 0.25) is 0 Å². The lowest BCUT2D eigenvalue weighted by atomic mass is 9.94. The van der Waals surface area contributed by atoms with Crippen LogP contribution in [0.3, 0.4) is 0 Å². The number of likely N-dealkylation sites (tertiary alicyclic amines) is 1. The van der Waals surface area contributed by atoms with Crippen molar-refractivity contribution < 1.29 is 24.2 Å². The van der Waals surface area contributed by atoms with Gasteiger partial charge in [0.1, 0.15) is 17.3 Å². The molecule has 1 aliphatic rings. The number of amides is 1. The summed E-state index contributed by atoms with van der Waals surface area (Å²) in [7, 11) is 1.53. The summed E-state index contributed by atoms with van der Waals surface area (Å²) < 4.78 is 11.4. The van der Waals surface area contributed by atoms with E-state index in [1.807, 2.05) is 25.1 Å². The summed E-state index contributed by atoms with van der Waals surface area (Å²) >= 11 is 0. The van der Waals surface area contributed by atoms with Crippen molar-refractivity contribution in [3.63, 3.8) is 0 Å². The lowest BCUT2D eigenvalue weighted by molar-refractivity contribution is -0.140. The van der Waals surface area contributed by atoms with Crippen LogP contribution in [0.2, 0.25) is 0 Å². The lowest BCUT2D eigenvalue weighted by Gasteiger charge is -2.26. The number of hydrogen-bond acceptors (Lipinski definition) is 6. The maximum Gasteiger partial charge on any atom is 0.295 e. The fourth-order valence-electron chi connectivity index (χ4n) is 4.32. The monoisotopic (exact) mass is 486 g/mol. The van der Waals surface area contributed by atoms with Crippen LogP contribution in [0, 0.1) is 12.8 Å². The number of ketones is 1. The third kappa shape index (κ3) is 4.96. The highest BCUT2D eigenvalue weighted by atomic mass is 16.5. The molecule has 0 spiro atoms. The number of para-hydroxylation sites is 1. The second kappa shape index (κ2) is 10.6. The molecule has 7 heteroatoms. The molecule has 0 aliphatic carbocycles. The van der Waals surface area contributed by atoms with Crippen molar-refractivity contribution in [3.05, 3.63) is 94.8 Å². The average molecular weight is 487 g/mol. The van der Waals surface area contributed by atoms with Crippen LogP contribution in [0.15, 0.2) is 72.6 Å². The van der Waals surface area contributed by atoms with E-state index in [2.05, 4.69) is 18.8 Å². The van der Waals surface area contributed by atoms with Crippen LogP contribution in [0.5, 0.6) is 11.5 Å². The van der Waals surface area contributed by atoms with Crippen LogP contribution < -0.4 is 9.47 Å². The Bertz CT molecular complexity index is 1300. The van der Waals surface area contributed by atoms with Gasteiger partial charge in [0.25, 0.3) is 11.7 Å². The summed E-state index contributed by atoms with van der Waals surface area (Å²) in [6, 6.07) is 15.2. The molecule has 0 saturated carbocycles. The van der Waals surface area contributed by atoms with Crippen LogP contribution in [0.25, 0.3) is 5.76 Å². The van der Waals surface area contributed by atoms with Gasteiger partial charge in [-0.3, -0.25) is 14.6 Å². The summed E-state index contributed by atoms with van der Waals surface area (Å²) in [5.41, 5.74) is 2.64. The van der Waals surface area contributed by atoms with Crippen molar-refractivity contribution >= 4 is 17.4 Å². The zero-order chi connectivity index (χ0) is 25.8. The van der Waals surface area contributed by atoms with E-state index in [4.69, 9.17) is 9.47 Å². The first-order valence-electron chi connectivity index (χ1n) is 11.9. The van der Waals surface area contributed by atoms with Gasteiger partial charge in [0, 0.05) is 30.1 Å². The van der Waals surface area contributed by atoms with Crippen molar-refractivity contribution in [1.29, 1.82) is 0 Å². The van der Waals surface area contributed by atoms with Crippen LogP contribution in [-0.2, 0) is 16.1 Å². The summed E-state index contributed by atoms with van der Waals surface area (Å²) in [6.07, 6.45) is 3.30. The fraction of sp³-hybridized carbons (Fsp3) is 0.276. The van der Waals surface area contributed by atoms with E-state index in [1.165, 1.54) is 12.0 Å². The van der Waals surface area contributed by atoms with Crippen molar-refractivity contribution in [1.82, 2.24) is 9.88 Å². The number of nitrogens with zero attached hydrogens (tertiary/aromatic N) is 2. The number of ether oxygens (including phenoxy) is 2. The number of aliphatic hydroxyl groups is 1. The standard InChI is InChI=1S/C29H30N2O5/c1-18(2)17-36-23-12-11-21(14-19(23)3)27(32)25-26(22-9-5-6-10-24(22)35-4)31(29(34)28(25)33)16-20-8-7-13-30-15-20/h5-15,18,26,32H,16-17H2,1-4H3/b27-25+. The smallest absolute Gasteiger partial charge is 0.295 e. The number of hydrogen-bond donors (Lipinski definition) is 1. The quantitative estimate of drug-likeness (QED) is 0.272. The number of rotatable bonds is 8. The number of carbonyl (C=O) groups is 2. The van der Waals surface area contributed by atoms with Crippen LogP contribution in [0.1, 0.15) is 42.1 Å². The molecule has 0 bridgehead atoms. The maximum atomic E-state index is 13.3. The number of aryl methyl sites for hydroxylation is 1. The number of pyridine rings is 1. The molecule has 1 aliphatic heterocycles. The molecule has 7 nitrogen and oxygen atoms in total. The van der Waals surface area contributed by atoms with Crippen LogP contribution >= 0.6 is 0 Å². The molecular weight excluding hydrogens is 456 g/mol. The Kier molecular flexibility index (Phi) is 7.38. The second-order valence-corrected chi connectivity index (χ2v) is 9.22. The molecule has 1 aromatic heterocycles. The number of methoxy groups -OCH3 is 1. The summed E-state index contributed by atoms with van der Waals surface area (Å²) in [6.45, 7) is 6.74. The highest BCUT2D eigenvalue weighted by Crippen LogP contribution is 2.43. The normalized spacial score (nSPS) is 17.0. The Morgan fingerprint density at radius 2 is 1.86 bits per heavy atom. The molecule has 4 rings (SSSR count). The predicted octanol–water partition coefficient (Wildman–Crippen LogP) is 5.06. The van der Waals surface area contributed by atoms with Gasteiger partial charge in [0.15, 0.2) is 0 Å². The minimum atomic E-state index is -0.835. The first kappa shape index (κ1) is 25.0. The van der Waals surface area contributed by atoms with E-state index in [-0.39, 0.29) is 17.9 Å². The van der Waals surface area contributed by atoms with Crippen molar-refractivity contribution in [3.8, 4) is 11.5 Å². The van der Waals surface area contributed by atoms with Crippen LogP contribution in [-0.4, -0.2) is 40.4 Å². The van der Waals surface area contributed by atoms with Gasteiger partial charge in [-0.15, -0.1) is 0 Å². The molecule has 1 fully saturated rings. The zero-order valence-electron chi connectivity index (χ0n) is 20.9. The molecule has 36 heavy (non-hydrogen) atoms. The largest absolute Gasteiger partial charge is 0.507 e. The number of benzene rings is 2. The number of carbonyl (C=O) groups excluding carboxylic acids is 2. The van der Waals surface area contributed by atoms with Gasteiger partial charge in [-0.25, -0.2) is 0 Å². The van der Waals surface area contributed by atoms with Gasteiger partial charge in [-0.2, -0.15) is 0 Å². The zero-order valence-corrected chi connectivity index (χ0v) is 20.9. The van der Waals surface area contributed by atoms with Crippen LogP contribution in [0.4, 0.5) is 0 Å². The lowest BCUT2D eigenvalue weighted by Crippen LogP contribution is -2.29. The second-order valence-electron chi connectivity index (χ2n) is 9.22. The first-order valence-corrected chi connectivity index (χ1v) is 11.9. The minimum absolute atomic E-state index is 0.0173. The third-order valence-corrected chi connectivity index (χ3v) is 6.07. The molecular formula is C29H30N2O5. The van der Waals surface area contributed by atoms with E-state index in [0.29, 0.717) is 35.2 Å². The summed E-state index contributed by atoms with van der Waals surface area (Å²) in [5.74, 6) is -0.0840. The topological polar surface area (TPSA) is 89.0 Å². The molecule has 1 atom stereocenters. The predicted molar refractivity (Wildman–Crippen MR) is 137 cm³/mol. The van der Waals surface area contributed by atoms with Crippen molar-refractivity contribution in [2.45, 2.75) is 33.4 Å². The van der Waals surface area contributed by atoms with Gasteiger partial charge >= 0.3 is 0 Å². The summed E-state index contributed by atoms with van der Waals surface area (Å²) in [4.78, 5) is 32.2. The van der Waals surface area contributed by atoms with Gasteiger partial charge in [-0.05, 0) is 54.3 Å². The van der Waals surface area contributed by atoms with Gasteiger partial charge < -0.3 is 19.5 Å². The van der Waals surface area contributed by atoms with Crippen molar-refractivity contribution in [2.75, 3.05) is 13.7 Å². The molecule has 186 valence electrons. The maximum absolute atomic E-state index is 13.3. The van der Waals surface area contributed by atoms with Gasteiger partial charge in [-0.1, -0.05) is 38.1 Å². The van der Waals surface area contributed by atoms with E-state index in [1.54, 1.807) is 48.8 Å². The third-order valence-electron chi connectivity index (χ3n) is 6.07. The first-order chi connectivity index (χ1) is 17.3. The highest BCUT2D eigenvalue weighted by molar-refractivity contribution is 6.46. The fourth-order valence-corrected chi connectivity index (χ4v) is 4.32. The van der Waals surface area contributed by atoms with E-state index < -0.39 is 17.7 Å². The van der Waals surface area contributed by atoms with Crippen molar-refractivity contribution in [2.24, 2.45) is 5.92 Å². The molecule has 2 aromatic carbocycles. The summed E-state index contributed by atoms with van der Waals surface area (Å²) in [5, 5.41) is 11.4.